The van der Waals surface area contributed by atoms with Crippen LogP contribution in [0, 0.1) is 10.1 Å². The van der Waals surface area contributed by atoms with E-state index >= 15 is 0 Å². The third-order valence-corrected chi connectivity index (χ3v) is 2.76. The van der Waals surface area contributed by atoms with E-state index in [0.717, 1.165) is 0 Å². The first-order valence-corrected chi connectivity index (χ1v) is 5.94. The standard InChI is InChI=1S/C11H12N2O5S/c14-10(5-12-8(6-19)11(15)16)7-3-1-2-4-9(7)13(17)18/h1-4,8,12,19H,5-6H2,(H,15,16)/t8-/m1/s1. The molecule has 0 fully saturated rings. The minimum absolute atomic E-state index is 0.0134. The minimum Gasteiger partial charge on any atom is -0.480 e. The van der Waals surface area contributed by atoms with Gasteiger partial charge in [-0.3, -0.25) is 25.0 Å². The number of nitrogens with one attached hydrogen (secondary N) is 1. The molecule has 0 amide bonds. The van der Waals surface area contributed by atoms with Crippen LogP contribution in [0.2, 0.25) is 0 Å². The summed E-state index contributed by atoms with van der Waals surface area (Å²) in [5, 5.41) is 22.0. The summed E-state index contributed by atoms with van der Waals surface area (Å²) >= 11 is 3.83. The van der Waals surface area contributed by atoms with Gasteiger partial charge in [-0.2, -0.15) is 12.6 Å². The fourth-order valence-corrected chi connectivity index (χ4v) is 1.69. The van der Waals surface area contributed by atoms with Gasteiger partial charge in [-0.15, -0.1) is 0 Å². The van der Waals surface area contributed by atoms with Gasteiger partial charge in [-0.1, -0.05) is 12.1 Å². The molecule has 1 aromatic rings. The van der Waals surface area contributed by atoms with Crippen LogP contribution in [0.15, 0.2) is 24.3 Å². The van der Waals surface area contributed by atoms with Gasteiger partial charge in [0.25, 0.3) is 5.69 Å². The van der Waals surface area contributed by atoms with E-state index in [4.69, 9.17) is 5.11 Å². The van der Waals surface area contributed by atoms with E-state index in [9.17, 15) is 19.7 Å². The van der Waals surface area contributed by atoms with Crippen molar-refractivity contribution >= 4 is 30.1 Å². The second kappa shape index (κ2) is 6.86. The number of rotatable bonds is 7. The molecule has 0 unspecified atom stereocenters. The number of hydrogen-bond acceptors (Lipinski definition) is 6. The van der Waals surface area contributed by atoms with Crippen molar-refractivity contribution in [3.8, 4) is 0 Å². The number of thiol groups is 1. The van der Waals surface area contributed by atoms with Crippen molar-refractivity contribution in [2.75, 3.05) is 12.3 Å². The molecule has 0 bridgehead atoms. The number of nitro benzene ring substituents is 1. The van der Waals surface area contributed by atoms with Gasteiger partial charge in [0.1, 0.15) is 6.04 Å². The lowest BCUT2D eigenvalue weighted by molar-refractivity contribution is -0.385. The first-order valence-electron chi connectivity index (χ1n) is 5.31. The van der Waals surface area contributed by atoms with Crippen LogP contribution in [0.3, 0.4) is 0 Å². The highest BCUT2D eigenvalue weighted by Gasteiger charge is 2.21. The number of nitro groups is 1. The van der Waals surface area contributed by atoms with Gasteiger partial charge >= 0.3 is 5.97 Å². The van der Waals surface area contributed by atoms with Gasteiger partial charge in [0.2, 0.25) is 0 Å². The van der Waals surface area contributed by atoms with E-state index < -0.39 is 22.7 Å². The fourth-order valence-electron chi connectivity index (χ4n) is 1.41. The Hall–Kier alpha value is -1.93. The van der Waals surface area contributed by atoms with Crippen molar-refractivity contribution in [1.29, 1.82) is 0 Å². The number of carboxylic acids is 1. The number of carboxylic acid groups (broad SMARTS) is 1. The third kappa shape index (κ3) is 4.04. The molecule has 0 saturated heterocycles. The summed E-state index contributed by atoms with van der Waals surface area (Å²) in [7, 11) is 0. The van der Waals surface area contributed by atoms with Crippen LogP contribution >= 0.6 is 12.6 Å². The van der Waals surface area contributed by atoms with E-state index in [0.29, 0.717) is 0 Å². The smallest absolute Gasteiger partial charge is 0.321 e. The lowest BCUT2D eigenvalue weighted by Crippen LogP contribution is -2.41. The van der Waals surface area contributed by atoms with Crippen LogP contribution < -0.4 is 5.32 Å². The molecule has 0 radical (unpaired) electrons. The summed E-state index contributed by atoms with van der Waals surface area (Å²) in [6.45, 7) is -0.303. The number of ketones is 1. The Bertz CT molecular complexity index is 506. The zero-order chi connectivity index (χ0) is 14.4. The van der Waals surface area contributed by atoms with Crippen LogP contribution in [0.25, 0.3) is 0 Å². The monoisotopic (exact) mass is 284 g/mol. The summed E-state index contributed by atoms with van der Waals surface area (Å²) in [5.41, 5.74) is -0.352. The molecule has 0 aromatic heterocycles. The van der Waals surface area contributed by atoms with Crippen molar-refractivity contribution in [2.45, 2.75) is 6.04 Å². The number of nitrogens with zero attached hydrogens (tertiary/aromatic N) is 1. The highest BCUT2D eigenvalue weighted by Crippen LogP contribution is 2.17. The van der Waals surface area contributed by atoms with Crippen LogP contribution in [0.5, 0.6) is 0 Å². The first-order chi connectivity index (χ1) is 8.97. The van der Waals surface area contributed by atoms with E-state index in [-0.39, 0.29) is 23.5 Å². The Morgan fingerprint density at radius 2 is 2.05 bits per heavy atom. The number of Topliss-reactive ketones (excluding diaryl/α,β-unsaturated/α-hetero) is 1. The number of carbonyl (C=O) groups is 2. The predicted octanol–water partition coefficient (Wildman–Crippen LogP) is 0.750. The quantitative estimate of drug-likeness (QED) is 0.295. The highest BCUT2D eigenvalue weighted by atomic mass is 32.1. The van der Waals surface area contributed by atoms with Gasteiger partial charge < -0.3 is 5.11 Å². The molecule has 0 aliphatic rings. The zero-order valence-electron chi connectivity index (χ0n) is 9.78. The lowest BCUT2D eigenvalue weighted by atomic mass is 10.1. The molecular weight excluding hydrogens is 272 g/mol. The number of hydrogen-bond donors (Lipinski definition) is 3. The van der Waals surface area contributed by atoms with Crippen molar-refractivity contribution in [1.82, 2.24) is 5.32 Å². The Morgan fingerprint density at radius 1 is 1.42 bits per heavy atom. The summed E-state index contributed by atoms with van der Waals surface area (Å²) in [4.78, 5) is 32.7. The average Bonchev–Trinajstić information content (AvgIpc) is 2.38. The van der Waals surface area contributed by atoms with Crippen molar-refractivity contribution in [3.05, 3.63) is 39.9 Å². The molecule has 0 heterocycles. The number of carbonyl (C=O) groups excluding carboxylic acids is 1. The van der Waals surface area contributed by atoms with Crippen molar-refractivity contribution in [3.63, 3.8) is 0 Å². The number of para-hydroxylation sites is 1. The molecule has 0 spiro atoms. The zero-order valence-corrected chi connectivity index (χ0v) is 10.7. The predicted molar refractivity (Wildman–Crippen MR) is 70.7 cm³/mol. The molecule has 2 N–H and O–H groups in total. The maximum atomic E-state index is 11.8. The maximum Gasteiger partial charge on any atom is 0.321 e. The Kier molecular flexibility index (Phi) is 5.46. The fraction of sp³-hybridized carbons (Fsp3) is 0.273. The molecule has 19 heavy (non-hydrogen) atoms. The van der Waals surface area contributed by atoms with Gasteiger partial charge in [-0.25, -0.2) is 0 Å². The minimum atomic E-state index is -1.13. The highest BCUT2D eigenvalue weighted by molar-refractivity contribution is 7.80. The molecule has 7 nitrogen and oxygen atoms in total. The van der Waals surface area contributed by atoms with Crippen LogP contribution in [0.4, 0.5) is 5.69 Å². The summed E-state index contributed by atoms with van der Waals surface area (Å²) in [6.07, 6.45) is 0. The SMILES string of the molecule is O=C(CN[C@H](CS)C(=O)O)c1ccccc1[N+](=O)[O-]. The number of aliphatic carboxylic acids is 1. The van der Waals surface area contributed by atoms with Gasteiger partial charge in [0.05, 0.1) is 17.0 Å². The van der Waals surface area contributed by atoms with Gasteiger partial charge in [0.15, 0.2) is 5.78 Å². The molecule has 102 valence electrons. The van der Waals surface area contributed by atoms with Gasteiger partial charge in [0, 0.05) is 11.8 Å². The topological polar surface area (TPSA) is 110 Å². The second-order valence-corrected chi connectivity index (χ2v) is 4.02. The van der Waals surface area contributed by atoms with E-state index in [1.165, 1.54) is 24.3 Å². The van der Waals surface area contributed by atoms with E-state index in [2.05, 4.69) is 17.9 Å². The summed E-state index contributed by atoms with van der Waals surface area (Å²) in [6, 6.07) is 4.54. The Balaban J connectivity index is 2.79. The molecule has 0 aliphatic carbocycles. The average molecular weight is 284 g/mol. The molecule has 1 aromatic carbocycles. The molecule has 1 atom stereocenters. The van der Waals surface area contributed by atoms with E-state index in [1.54, 1.807) is 0 Å². The molecule has 1 rings (SSSR count). The second-order valence-electron chi connectivity index (χ2n) is 3.65. The normalized spacial score (nSPS) is 11.8. The van der Waals surface area contributed by atoms with Crippen molar-refractivity contribution < 1.29 is 19.6 Å². The summed E-state index contributed by atoms with van der Waals surface area (Å²) < 4.78 is 0. The maximum absolute atomic E-state index is 11.8. The van der Waals surface area contributed by atoms with E-state index in [1.807, 2.05) is 0 Å². The summed E-state index contributed by atoms with van der Waals surface area (Å²) in [5.74, 6) is -1.66. The molecule has 8 heteroatoms. The molecular formula is C11H12N2O5S. The Labute approximate surface area is 114 Å². The van der Waals surface area contributed by atoms with Crippen molar-refractivity contribution in [2.24, 2.45) is 0 Å². The molecule has 0 aliphatic heterocycles. The largest absolute Gasteiger partial charge is 0.480 e. The number of benzene rings is 1. The van der Waals surface area contributed by atoms with Crippen LogP contribution in [-0.2, 0) is 4.79 Å². The van der Waals surface area contributed by atoms with Crippen LogP contribution in [0.1, 0.15) is 10.4 Å². The van der Waals surface area contributed by atoms with Crippen LogP contribution in [-0.4, -0.2) is 40.1 Å². The van der Waals surface area contributed by atoms with Gasteiger partial charge in [-0.05, 0) is 6.07 Å². The Morgan fingerprint density at radius 3 is 2.58 bits per heavy atom. The third-order valence-electron chi connectivity index (χ3n) is 2.39. The molecule has 0 saturated carbocycles. The lowest BCUT2D eigenvalue weighted by Gasteiger charge is -2.10. The first kappa shape index (κ1) is 15.1.